The van der Waals surface area contributed by atoms with Crippen molar-refractivity contribution in [1.29, 1.82) is 0 Å². The van der Waals surface area contributed by atoms with E-state index >= 15 is 0 Å². The fourth-order valence-electron chi connectivity index (χ4n) is 5.43. The van der Waals surface area contributed by atoms with E-state index in [9.17, 15) is 14.9 Å². The number of thioether (sulfide) groups is 1. The Morgan fingerprint density at radius 3 is 2.54 bits per heavy atom. The van der Waals surface area contributed by atoms with Crippen molar-refractivity contribution >= 4 is 39.9 Å². The molecular weight excluding hydrogens is 486 g/mol. The number of benzene rings is 2. The number of rotatable bonds is 4. The number of anilines is 1. The number of nitro groups is 1. The standard InChI is InChI=1S/C28H33N5O3S/c1-28(2)25(30-31(3)27(34)37-28)21-13-16-24-20(18-21)8-7-17-32(24)26(29-22-9-5-4-6-10-22)19-11-14-23(15-12-19)33(35)36/h11-16,18,22H,4-10,17H2,1-3H3. The molecule has 1 saturated carbocycles. The van der Waals surface area contributed by atoms with Crippen molar-refractivity contribution in [2.75, 3.05) is 18.5 Å². The number of nitro benzene ring substituents is 1. The topological polar surface area (TPSA) is 91.4 Å². The highest BCUT2D eigenvalue weighted by Gasteiger charge is 2.37. The van der Waals surface area contributed by atoms with Gasteiger partial charge in [-0.2, -0.15) is 5.10 Å². The molecule has 1 amide bonds. The van der Waals surface area contributed by atoms with Gasteiger partial charge in [0.1, 0.15) is 5.84 Å². The summed E-state index contributed by atoms with van der Waals surface area (Å²) in [6, 6.07) is 13.5. The SMILES string of the molecule is CN1N=C(c2ccc3c(c2)CCCN3C(=NC2CCCCC2)c2ccc([N+](=O)[O-])cc2)C(C)(C)SC1=O. The van der Waals surface area contributed by atoms with Gasteiger partial charge in [0.25, 0.3) is 5.69 Å². The van der Waals surface area contributed by atoms with Crippen LogP contribution in [0.1, 0.15) is 69.1 Å². The van der Waals surface area contributed by atoms with Crippen LogP contribution in [-0.2, 0) is 6.42 Å². The first-order valence-electron chi connectivity index (χ1n) is 13.0. The second kappa shape index (κ2) is 10.3. The van der Waals surface area contributed by atoms with Gasteiger partial charge in [-0.3, -0.25) is 19.9 Å². The van der Waals surface area contributed by atoms with Crippen LogP contribution in [0.15, 0.2) is 52.6 Å². The Morgan fingerprint density at radius 2 is 1.84 bits per heavy atom. The molecule has 0 spiro atoms. The van der Waals surface area contributed by atoms with Crippen molar-refractivity contribution in [3.8, 4) is 0 Å². The predicted molar refractivity (Wildman–Crippen MR) is 150 cm³/mol. The molecule has 2 aromatic rings. The maximum atomic E-state index is 12.2. The average Bonchev–Trinajstić information content (AvgIpc) is 2.89. The molecule has 0 N–H and O–H groups in total. The molecule has 0 atom stereocenters. The van der Waals surface area contributed by atoms with E-state index in [-0.39, 0.29) is 21.9 Å². The maximum absolute atomic E-state index is 12.2. The zero-order valence-corrected chi connectivity index (χ0v) is 22.5. The number of fused-ring (bicyclic) bond motifs is 1. The number of amides is 1. The number of hydrogen-bond donors (Lipinski definition) is 0. The molecule has 0 aromatic heterocycles. The van der Waals surface area contributed by atoms with Crippen molar-refractivity contribution < 1.29 is 9.72 Å². The Hall–Kier alpha value is -3.20. The molecule has 2 aromatic carbocycles. The minimum absolute atomic E-state index is 0.0513. The Labute approximate surface area is 222 Å². The van der Waals surface area contributed by atoms with E-state index < -0.39 is 4.75 Å². The number of aryl methyl sites for hydroxylation is 1. The molecule has 8 nitrogen and oxygen atoms in total. The number of non-ortho nitro benzene ring substituents is 1. The number of carbonyl (C=O) groups is 1. The summed E-state index contributed by atoms with van der Waals surface area (Å²) in [6.07, 6.45) is 7.72. The lowest BCUT2D eigenvalue weighted by Crippen LogP contribution is -2.40. The number of amidine groups is 1. The Kier molecular flexibility index (Phi) is 7.07. The highest BCUT2D eigenvalue weighted by Crippen LogP contribution is 2.37. The van der Waals surface area contributed by atoms with Crippen molar-refractivity contribution in [3.63, 3.8) is 0 Å². The lowest BCUT2D eigenvalue weighted by molar-refractivity contribution is -0.384. The van der Waals surface area contributed by atoms with E-state index in [4.69, 9.17) is 4.99 Å². The molecule has 0 bridgehead atoms. The maximum Gasteiger partial charge on any atom is 0.302 e. The van der Waals surface area contributed by atoms with E-state index in [0.717, 1.165) is 60.6 Å². The van der Waals surface area contributed by atoms with Gasteiger partial charge in [0.15, 0.2) is 0 Å². The third-order valence-electron chi connectivity index (χ3n) is 7.37. The third kappa shape index (κ3) is 5.28. The summed E-state index contributed by atoms with van der Waals surface area (Å²) in [6.45, 7) is 4.92. The summed E-state index contributed by atoms with van der Waals surface area (Å²) in [5, 5.41) is 17.2. The molecule has 194 valence electrons. The molecule has 2 heterocycles. The normalized spacial score (nSPS) is 20.5. The molecule has 5 rings (SSSR count). The zero-order valence-electron chi connectivity index (χ0n) is 21.6. The van der Waals surface area contributed by atoms with Crippen LogP contribution in [0, 0.1) is 10.1 Å². The largest absolute Gasteiger partial charge is 0.326 e. The van der Waals surface area contributed by atoms with Gasteiger partial charge >= 0.3 is 5.24 Å². The van der Waals surface area contributed by atoms with Crippen LogP contribution in [0.2, 0.25) is 0 Å². The first-order valence-corrected chi connectivity index (χ1v) is 13.8. The fourth-order valence-corrected chi connectivity index (χ4v) is 6.29. The van der Waals surface area contributed by atoms with Crippen LogP contribution in [0.25, 0.3) is 0 Å². The number of carbonyl (C=O) groups excluding carboxylic acids is 1. The lowest BCUT2D eigenvalue weighted by atomic mass is 9.92. The van der Waals surface area contributed by atoms with Crippen molar-refractivity contribution in [2.45, 2.75) is 69.6 Å². The van der Waals surface area contributed by atoms with Crippen LogP contribution >= 0.6 is 11.8 Å². The monoisotopic (exact) mass is 519 g/mol. The minimum Gasteiger partial charge on any atom is -0.326 e. The van der Waals surface area contributed by atoms with Crippen LogP contribution in [-0.4, -0.2) is 51.1 Å². The average molecular weight is 520 g/mol. The molecule has 37 heavy (non-hydrogen) atoms. The predicted octanol–water partition coefficient (Wildman–Crippen LogP) is 6.41. The molecule has 0 radical (unpaired) electrons. The number of hydrazone groups is 1. The number of nitrogens with zero attached hydrogens (tertiary/aromatic N) is 5. The second-order valence-corrected chi connectivity index (χ2v) is 12.1. The molecular formula is C28H33N5O3S. The lowest BCUT2D eigenvalue weighted by Gasteiger charge is -2.35. The van der Waals surface area contributed by atoms with Gasteiger partial charge in [-0.1, -0.05) is 37.1 Å². The Balaban J connectivity index is 1.54. The highest BCUT2D eigenvalue weighted by atomic mass is 32.2. The summed E-state index contributed by atoms with van der Waals surface area (Å²) < 4.78 is -0.418. The summed E-state index contributed by atoms with van der Waals surface area (Å²) in [4.78, 5) is 30.6. The van der Waals surface area contributed by atoms with Crippen molar-refractivity contribution in [3.05, 3.63) is 69.3 Å². The van der Waals surface area contributed by atoms with Crippen LogP contribution in [0.3, 0.4) is 0 Å². The number of hydrogen-bond acceptors (Lipinski definition) is 6. The van der Waals surface area contributed by atoms with Gasteiger partial charge in [0, 0.05) is 37.0 Å². The van der Waals surface area contributed by atoms with Crippen LogP contribution in [0.5, 0.6) is 0 Å². The van der Waals surface area contributed by atoms with E-state index in [1.807, 2.05) is 26.0 Å². The number of aliphatic imine (C=N–C) groups is 1. The Morgan fingerprint density at radius 1 is 1.11 bits per heavy atom. The summed E-state index contributed by atoms with van der Waals surface area (Å²) in [5.74, 6) is 0.895. The minimum atomic E-state index is -0.418. The van der Waals surface area contributed by atoms with E-state index in [2.05, 4.69) is 28.2 Å². The first-order chi connectivity index (χ1) is 17.7. The van der Waals surface area contributed by atoms with Crippen molar-refractivity contribution in [1.82, 2.24) is 5.01 Å². The third-order valence-corrected chi connectivity index (χ3v) is 8.51. The molecule has 1 aliphatic carbocycles. The highest BCUT2D eigenvalue weighted by molar-refractivity contribution is 8.15. The van der Waals surface area contributed by atoms with E-state index in [1.54, 1.807) is 19.2 Å². The van der Waals surface area contributed by atoms with Gasteiger partial charge in [-0.15, -0.1) is 0 Å². The molecule has 0 saturated heterocycles. The fraction of sp³-hybridized carbons (Fsp3) is 0.464. The van der Waals surface area contributed by atoms with E-state index in [0.29, 0.717) is 0 Å². The quantitative estimate of drug-likeness (QED) is 0.201. The van der Waals surface area contributed by atoms with Crippen molar-refractivity contribution in [2.24, 2.45) is 10.1 Å². The van der Waals surface area contributed by atoms with E-state index in [1.165, 1.54) is 41.6 Å². The van der Waals surface area contributed by atoms with Gasteiger partial charge in [0.05, 0.1) is 21.4 Å². The van der Waals surface area contributed by atoms with Crippen LogP contribution in [0.4, 0.5) is 16.2 Å². The Bertz CT molecular complexity index is 1270. The summed E-state index contributed by atoms with van der Waals surface area (Å²) >= 11 is 1.30. The second-order valence-electron chi connectivity index (χ2n) is 10.5. The molecule has 3 aliphatic rings. The van der Waals surface area contributed by atoms with Gasteiger partial charge in [0.2, 0.25) is 0 Å². The summed E-state index contributed by atoms with van der Waals surface area (Å²) in [7, 11) is 1.70. The molecule has 1 fully saturated rings. The van der Waals surface area contributed by atoms with Gasteiger partial charge in [-0.25, -0.2) is 5.01 Å². The molecule has 2 aliphatic heterocycles. The van der Waals surface area contributed by atoms with Gasteiger partial charge < -0.3 is 4.90 Å². The first kappa shape index (κ1) is 25.4. The van der Waals surface area contributed by atoms with Crippen LogP contribution < -0.4 is 4.90 Å². The summed E-state index contributed by atoms with van der Waals surface area (Å²) in [5.41, 5.74) is 5.26. The van der Waals surface area contributed by atoms with Gasteiger partial charge in [-0.05, 0) is 74.9 Å². The molecule has 0 unspecified atom stereocenters. The smallest absolute Gasteiger partial charge is 0.302 e. The zero-order chi connectivity index (χ0) is 26.2. The molecule has 9 heteroatoms.